The maximum atomic E-state index is 12.6. The fourth-order valence-electron chi connectivity index (χ4n) is 7.91. The number of allylic oxidation sites excluding steroid dienone is 1. The van der Waals surface area contributed by atoms with E-state index in [0.717, 1.165) is 38.5 Å². The lowest BCUT2D eigenvalue weighted by atomic mass is 9.47. The lowest BCUT2D eigenvalue weighted by Crippen LogP contribution is -2.51. The molecule has 0 aromatic rings. The molecule has 5 heteroatoms. The summed E-state index contributed by atoms with van der Waals surface area (Å²) in [5.74, 6) is 1.80. The van der Waals surface area contributed by atoms with Crippen LogP contribution in [-0.2, 0) is 14.3 Å². The summed E-state index contributed by atoms with van der Waals surface area (Å²) in [5, 5.41) is 2.57. The fraction of sp³-hybridized carbons (Fsp3) is 0.792. The molecule has 0 amide bonds. The van der Waals surface area contributed by atoms with Gasteiger partial charge in [-0.05, 0) is 86.3 Å². The standard InChI is InChI=1S/C24H33NO3S/c1-14(26)22-21(25-13-29)12-20-18-6-5-16-11-17(28-15(2)27)7-9-23(16,3)19(18)8-10-24(20,22)4/h5,17-22H,6-12H2,1-4H3/t17-,18-,19+,20+,21+,22+,23-,24+/m0/s1. The SMILES string of the molecule is CC(=O)O[C@H]1CC[C@@]2(C)C(=CC[C@@H]3[C@H]4C[C@@H](N=C=S)[C@@H](C(C)=O)[C@]4(C)CC[C@H]32)C1. The summed E-state index contributed by atoms with van der Waals surface area (Å²) in [6.07, 6.45) is 9.68. The molecule has 4 aliphatic carbocycles. The molecule has 0 N–H and O–H groups in total. The molecule has 0 bridgehead atoms. The van der Waals surface area contributed by atoms with Gasteiger partial charge in [-0.3, -0.25) is 9.59 Å². The Morgan fingerprint density at radius 3 is 2.62 bits per heavy atom. The summed E-state index contributed by atoms with van der Waals surface area (Å²) in [4.78, 5) is 28.5. The van der Waals surface area contributed by atoms with Gasteiger partial charge in [-0.2, -0.15) is 0 Å². The van der Waals surface area contributed by atoms with Crippen LogP contribution in [0.5, 0.6) is 0 Å². The van der Waals surface area contributed by atoms with Gasteiger partial charge in [0, 0.05) is 19.3 Å². The van der Waals surface area contributed by atoms with Crippen LogP contribution >= 0.6 is 12.2 Å². The molecule has 4 rings (SSSR count). The number of nitrogens with zero attached hydrogens (tertiary/aromatic N) is 1. The van der Waals surface area contributed by atoms with Crippen molar-refractivity contribution >= 4 is 29.1 Å². The maximum Gasteiger partial charge on any atom is 0.302 e. The van der Waals surface area contributed by atoms with Gasteiger partial charge in [0.15, 0.2) is 0 Å². The second-order valence-electron chi connectivity index (χ2n) is 10.4. The first-order valence-electron chi connectivity index (χ1n) is 11.1. The number of isothiocyanates is 1. The number of fused-ring (bicyclic) bond motifs is 5. The zero-order chi connectivity index (χ0) is 21.0. The number of hydrogen-bond acceptors (Lipinski definition) is 5. The average Bonchev–Trinajstić information content (AvgIpc) is 2.94. The smallest absolute Gasteiger partial charge is 0.302 e. The molecule has 0 aromatic carbocycles. The van der Waals surface area contributed by atoms with E-state index in [1.54, 1.807) is 6.92 Å². The molecule has 0 saturated heterocycles. The molecular formula is C24H33NO3S. The average molecular weight is 416 g/mol. The second kappa shape index (κ2) is 7.42. The molecule has 0 aromatic heterocycles. The van der Waals surface area contributed by atoms with Gasteiger partial charge in [-0.1, -0.05) is 25.5 Å². The Balaban J connectivity index is 1.63. The van der Waals surface area contributed by atoms with Gasteiger partial charge >= 0.3 is 5.97 Å². The molecule has 0 heterocycles. The van der Waals surface area contributed by atoms with Gasteiger partial charge in [-0.25, -0.2) is 4.99 Å². The van der Waals surface area contributed by atoms with Gasteiger partial charge in [0.1, 0.15) is 11.9 Å². The van der Waals surface area contributed by atoms with Crippen molar-refractivity contribution in [2.45, 2.75) is 84.8 Å². The molecule has 8 atom stereocenters. The van der Waals surface area contributed by atoms with Crippen molar-refractivity contribution in [3.05, 3.63) is 11.6 Å². The highest BCUT2D eigenvalue weighted by molar-refractivity contribution is 7.78. The Morgan fingerprint density at radius 2 is 1.97 bits per heavy atom. The third kappa shape index (κ3) is 3.25. The van der Waals surface area contributed by atoms with Gasteiger partial charge in [0.2, 0.25) is 0 Å². The van der Waals surface area contributed by atoms with Crippen LogP contribution in [0.3, 0.4) is 0 Å². The number of Topliss-reactive ketones (excluding diaryl/α,β-unsaturated/α-hetero) is 1. The minimum absolute atomic E-state index is 0.00312. The number of ether oxygens (including phenoxy) is 1. The number of carbonyl (C=O) groups excluding carboxylic acids is 2. The molecular weight excluding hydrogens is 382 g/mol. The largest absolute Gasteiger partial charge is 0.462 e. The van der Waals surface area contributed by atoms with E-state index in [4.69, 9.17) is 17.0 Å². The molecule has 3 fully saturated rings. The Hall–Kier alpha value is -1.32. The number of aliphatic imine (C=N–C) groups is 1. The summed E-state index contributed by atoms with van der Waals surface area (Å²) in [5.41, 5.74) is 1.71. The first-order valence-corrected chi connectivity index (χ1v) is 11.6. The number of ketones is 1. The van der Waals surface area contributed by atoms with Crippen molar-refractivity contribution in [2.75, 3.05) is 0 Å². The van der Waals surface area contributed by atoms with Gasteiger partial charge in [-0.15, -0.1) is 0 Å². The van der Waals surface area contributed by atoms with Crippen LogP contribution in [0, 0.1) is 34.5 Å². The molecule has 4 aliphatic rings. The van der Waals surface area contributed by atoms with Crippen molar-refractivity contribution in [1.29, 1.82) is 0 Å². The molecule has 0 radical (unpaired) electrons. The quantitative estimate of drug-likeness (QED) is 0.276. The lowest BCUT2D eigenvalue weighted by molar-refractivity contribution is -0.149. The summed E-state index contributed by atoms with van der Waals surface area (Å²) < 4.78 is 5.54. The molecule has 0 unspecified atom stereocenters. The third-order valence-electron chi connectivity index (χ3n) is 9.08. The van der Waals surface area contributed by atoms with Crippen LogP contribution in [0.2, 0.25) is 0 Å². The normalized spacial score (nSPS) is 45.7. The molecule has 4 nitrogen and oxygen atoms in total. The number of esters is 1. The van der Waals surface area contributed by atoms with E-state index < -0.39 is 0 Å². The summed E-state index contributed by atoms with van der Waals surface area (Å²) >= 11 is 4.91. The topological polar surface area (TPSA) is 55.7 Å². The van der Waals surface area contributed by atoms with Crippen LogP contribution in [0.25, 0.3) is 0 Å². The lowest BCUT2D eigenvalue weighted by Gasteiger charge is -2.57. The minimum Gasteiger partial charge on any atom is -0.462 e. The fourth-order valence-corrected chi connectivity index (χ4v) is 8.04. The van der Waals surface area contributed by atoms with E-state index in [1.165, 1.54) is 18.9 Å². The summed E-state index contributed by atoms with van der Waals surface area (Å²) in [6.45, 7) is 8.00. The van der Waals surface area contributed by atoms with Crippen LogP contribution in [0.1, 0.15) is 72.6 Å². The van der Waals surface area contributed by atoms with Crippen molar-refractivity contribution < 1.29 is 14.3 Å². The van der Waals surface area contributed by atoms with E-state index >= 15 is 0 Å². The monoisotopic (exact) mass is 415 g/mol. The van der Waals surface area contributed by atoms with Crippen LogP contribution in [0.15, 0.2) is 16.6 Å². The van der Waals surface area contributed by atoms with Crippen molar-refractivity contribution in [3.63, 3.8) is 0 Å². The van der Waals surface area contributed by atoms with E-state index in [9.17, 15) is 9.59 Å². The molecule has 3 saturated carbocycles. The van der Waals surface area contributed by atoms with Gasteiger partial charge in [0.05, 0.1) is 11.2 Å². The van der Waals surface area contributed by atoms with Gasteiger partial charge < -0.3 is 4.74 Å². The Bertz CT molecular complexity index is 800. The Kier molecular flexibility index (Phi) is 5.36. The van der Waals surface area contributed by atoms with E-state index in [0.29, 0.717) is 17.8 Å². The summed E-state index contributed by atoms with van der Waals surface area (Å²) in [6, 6.07) is -0.00312. The van der Waals surface area contributed by atoms with Crippen LogP contribution < -0.4 is 0 Å². The van der Waals surface area contributed by atoms with Crippen molar-refractivity contribution in [1.82, 2.24) is 0 Å². The van der Waals surface area contributed by atoms with Crippen LogP contribution in [-0.4, -0.2) is 29.1 Å². The van der Waals surface area contributed by atoms with E-state index in [1.807, 2.05) is 0 Å². The van der Waals surface area contributed by atoms with Gasteiger partial charge in [0.25, 0.3) is 0 Å². The number of thiocarbonyl (C=S) groups is 1. The first-order chi connectivity index (χ1) is 13.7. The Morgan fingerprint density at radius 1 is 1.21 bits per heavy atom. The maximum absolute atomic E-state index is 12.6. The molecule has 0 aliphatic heterocycles. The first kappa shape index (κ1) is 20.9. The molecule has 158 valence electrons. The van der Waals surface area contributed by atoms with Crippen LogP contribution in [0.4, 0.5) is 0 Å². The van der Waals surface area contributed by atoms with Crippen molar-refractivity contribution in [3.8, 4) is 0 Å². The predicted molar refractivity (Wildman–Crippen MR) is 116 cm³/mol. The highest BCUT2D eigenvalue weighted by atomic mass is 32.1. The highest BCUT2D eigenvalue weighted by Gasteiger charge is 2.62. The second-order valence-corrected chi connectivity index (χ2v) is 10.6. The van der Waals surface area contributed by atoms with E-state index in [-0.39, 0.29) is 40.6 Å². The summed E-state index contributed by atoms with van der Waals surface area (Å²) in [7, 11) is 0. The molecule has 29 heavy (non-hydrogen) atoms. The zero-order valence-corrected chi connectivity index (χ0v) is 18.9. The van der Waals surface area contributed by atoms with E-state index in [2.05, 4.69) is 30.1 Å². The minimum atomic E-state index is -0.173. The zero-order valence-electron chi connectivity index (χ0n) is 18.1. The number of hydrogen-bond donors (Lipinski definition) is 0. The predicted octanol–water partition coefficient (Wildman–Crippen LogP) is 5.17. The number of carbonyl (C=O) groups is 2. The highest BCUT2D eigenvalue weighted by Crippen LogP contribution is 2.66. The third-order valence-corrected chi connectivity index (χ3v) is 9.18. The molecule has 0 spiro atoms. The Labute approximate surface area is 179 Å². The van der Waals surface area contributed by atoms with Crippen molar-refractivity contribution in [2.24, 2.45) is 39.5 Å². The number of rotatable bonds is 3.